The summed E-state index contributed by atoms with van der Waals surface area (Å²) in [5.74, 6) is -0.0149. The zero-order chi connectivity index (χ0) is 13.1. The van der Waals surface area contributed by atoms with E-state index in [9.17, 15) is 9.90 Å². The number of aliphatic hydroxyl groups is 1. The molecule has 100 valence electrons. The fraction of sp³-hybridized carbons (Fsp3) is 0.923. The van der Waals surface area contributed by atoms with Crippen LogP contribution < -0.4 is 11.1 Å². The molecule has 4 nitrogen and oxygen atoms in total. The summed E-state index contributed by atoms with van der Waals surface area (Å²) in [6, 6.07) is -0.0568. The van der Waals surface area contributed by atoms with Crippen molar-refractivity contribution < 1.29 is 9.90 Å². The first-order chi connectivity index (χ1) is 7.82. The van der Waals surface area contributed by atoms with Crippen molar-refractivity contribution in [3.8, 4) is 0 Å². The van der Waals surface area contributed by atoms with Gasteiger partial charge < -0.3 is 16.2 Å². The van der Waals surface area contributed by atoms with E-state index in [1.165, 1.54) is 0 Å². The van der Waals surface area contributed by atoms with Crippen LogP contribution in [-0.2, 0) is 4.79 Å². The minimum Gasteiger partial charge on any atom is -0.388 e. The third-order valence-corrected chi connectivity index (χ3v) is 3.97. The lowest BCUT2D eigenvalue weighted by atomic mass is 9.84. The number of carbonyl (C=O) groups is 1. The molecular formula is C13H26N2O2. The molecule has 1 aliphatic carbocycles. The van der Waals surface area contributed by atoms with Crippen molar-refractivity contribution >= 4 is 5.91 Å². The van der Waals surface area contributed by atoms with Crippen molar-refractivity contribution in [2.75, 3.05) is 6.54 Å². The molecule has 1 amide bonds. The van der Waals surface area contributed by atoms with Gasteiger partial charge in [-0.05, 0) is 33.1 Å². The van der Waals surface area contributed by atoms with E-state index in [4.69, 9.17) is 5.73 Å². The van der Waals surface area contributed by atoms with E-state index in [-0.39, 0.29) is 11.9 Å². The summed E-state index contributed by atoms with van der Waals surface area (Å²) in [4.78, 5) is 12.1. The topological polar surface area (TPSA) is 75.3 Å². The summed E-state index contributed by atoms with van der Waals surface area (Å²) >= 11 is 0. The standard InChI is InChI=1S/C13H26N2O2/c1-4-7-12(2,17)9-15-11(16)13(3)8-5-6-10(13)14/h10,17H,4-9,14H2,1-3H3,(H,15,16). The molecule has 3 atom stereocenters. The predicted octanol–water partition coefficient (Wildman–Crippen LogP) is 1.17. The maximum atomic E-state index is 12.1. The Morgan fingerprint density at radius 2 is 2.29 bits per heavy atom. The summed E-state index contributed by atoms with van der Waals surface area (Å²) < 4.78 is 0. The summed E-state index contributed by atoms with van der Waals surface area (Å²) in [7, 11) is 0. The number of hydrogen-bond acceptors (Lipinski definition) is 3. The van der Waals surface area contributed by atoms with E-state index in [1.807, 2.05) is 13.8 Å². The Morgan fingerprint density at radius 1 is 1.65 bits per heavy atom. The SMILES string of the molecule is CCCC(C)(O)CNC(=O)C1(C)CCCC1N. The van der Waals surface area contributed by atoms with Crippen molar-refractivity contribution in [2.45, 2.75) is 64.5 Å². The third kappa shape index (κ3) is 3.42. The molecule has 0 aromatic rings. The summed E-state index contributed by atoms with van der Waals surface area (Å²) in [6.07, 6.45) is 4.36. The average molecular weight is 242 g/mol. The molecule has 0 heterocycles. The predicted molar refractivity (Wildman–Crippen MR) is 68.5 cm³/mol. The van der Waals surface area contributed by atoms with Crippen LogP contribution in [0.2, 0.25) is 0 Å². The normalized spacial score (nSPS) is 32.2. The number of rotatable bonds is 5. The van der Waals surface area contributed by atoms with Gasteiger partial charge in [-0.15, -0.1) is 0 Å². The van der Waals surface area contributed by atoms with Crippen LogP contribution in [0.5, 0.6) is 0 Å². The van der Waals surface area contributed by atoms with Crippen molar-refractivity contribution in [3.63, 3.8) is 0 Å². The molecule has 1 saturated carbocycles. The molecule has 0 bridgehead atoms. The largest absolute Gasteiger partial charge is 0.388 e. The van der Waals surface area contributed by atoms with Gasteiger partial charge in [-0.3, -0.25) is 4.79 Å². The number of nitrogens with two attached hydrogens (primary N) is 1. The van der Waals surface area contributed by atoms with Gasteiger partial charge >= 0.3 is 0 Å². The van der Waals surface area contributed by atoms with Crippen LogP contribution in [-0.4, -0.2) is 29.2 Å². The molecule has 4 heteroatoms. The summed E-state index contributed by atoms with van der Waals surface area (Å²) in [6.45, 7) is 6.01. The Kier molecular flexibility index (Phi) is 4.55. The van der Waals surface area contributed by atoms with Gasteiger partial charge in [0, 0.05) is 12.6 Å². The Balaban J connectivity index is 2.50. The molecule has 1 rings (SSSR count). The second kappa shape index (κ2) is 5.36. The molecule has 1 aliphatic rings. The van der Waals surface area contributed by atoms with Crippen LogP contribution in [0.25, 0.3) is 0 Å². The van der Waals surface area contributed by atoms with Gasteiger partial charge in [0.25, 0.3) is 0 Å². The number of carbonyl (C=O) groups excluding carboxylic acids is 1. The van der Waals surface area contributed by atoms with E-state index in [1.54, 1.807) is 6.92 Å². The number of amides is 1. The van der Waals surface area contributed by atoms with E-state index in [0.717, 1.165) is 25.7 Å². The van der Waals surface area contributed by atoms with Crippen LogP contribution in [0.4, 0.5) is 0 Å². The monoisotopic (exact) mass is 242 g/mol. The van der Waals surface area contributed by atoms with Gasteiger partial charge in [-0.25, -0.2) is 0 Å². The average Bonchev–Trinajstić information content (AvgIpc) is 2.57. The van der Waals surface area contributed by atoms with Crippen LogP contribution in [0.1, 0.15) is 52.9 Å². The van der Waals surface area contributed by atoms with Crippen LogP contribution >= 0.6 is 0 Å². The van der Waals surface area contributed by atoms with Crippen molar-refractivity contribution in [3.05, 3.63) is 0 Å². The smallest absolute Gasteiger partial charge is 0.227 e. The Labute approximate surface area is 104 Å². The summed E-state index contributed by atoms with van der Waals surface area (Å²) in [5, 5.41) is 12.9. The zero-order valence-corrected chi connectivity index (χ0v) is 11.3. The maximum absolute atomic E-state index is 12.1. The maximum Gasteiger partial charge on any atom is 0.227 e. The minimum absolute atomic E-state index is 0.0149. The van der Waals surface area contributed by atoms with Crippen molar-refractivity contribution in [2.24, 2.45) is 11.1 Å². The fourth-order valence-corrected chi connectivity index (χ4v) is 2.57. The van der Waals surface area contributed by atoms with Gasteiger partial charge in [0.15, 0.2) is 0 Å². The molecule has 3 unspecified atom stereocenters. The highest BCUT2D eigenvalue weighted by Crippen LogP contribution is 2.36. The van der Waals surface area contributed by atoms with Crippen molar-refractivity contribution in [1.29, 1.82) is 0 Å². The molecule has 0 aromatic heterocycles. The molecule has 0 aliphatic heterocycles. The van der Waals surface area contributed by atoms with Crippen LogP contribution in [0.3, 0.4) is 0 Å². The van der Waals surface area contributed by atoms with E-state index >= 15 is 0 Å². The number of hydrogen-bond donors (Lipinski definition) is 3. The van der Waals surface area contributed by atoms with Gasteiger partial charge in [0.05, 0.1) is 11.0 Å². The Hall–Kier alpha value is -0.610. The van der Waals surface area contributed by atoms with Gasteiger partial charge in [0.2, 0.25) is 5.91 Å². The molecular weight excluding hydrogens is 216 g/mol. The highest BCUT2D eigenvalue weighted by atomic mass is 16.3. The lowest BCUT2D eigenvalue weighted by Crippen LogP contribution is -2.50. The first-order valence-electron chi connectivity index (χ1n) is 6.58. The Bertz CT molecular complexity index is 279. The van der Waals surface area contributed by atoms with Crippen LogP contribution in [0.15, 0.2) is 0 Å². The van der Waals surface area contributed by atoms with Crippen molar-refractivity contribution in [1.82, 2.24) is 5.32 Å². The zero-order valence-electron chi connectivity index (χ0n) is 11.3. The molecule has 1 fully saturated rings. The first kappa shape index (κ1) is 14.5. The summed E-state index contributed by atoms with van der Waals surface area (Å²) in [5.41, 5.74) is 4.72. The van der Waals surface area contributed by atoms with E-state index in [0.29, 0.717) is 13.0 Å². The molecule has 0 aromatic carbocycles. The first-order valence-corrected chi connectivity index (χ1v) is 6.58. The second-order valence-corrected chi connectivity index (χ2v) is 5.85. The highest BCUT2D eigenvalue weighted by molar-refractivity contribution is 5.83. The molecule has 4 N–H and O–H groups in total. The second-order valence-electron chi connectivity index (χ2n) is 5.85. The molecule has 0 spiro atoms. The van der Waals surface area contributed by atoms with E-state index in [2.05, 4.69) is 5.32 Å². The molecule has 17 heavy (non-hydrogen) atoms. The quantitative estimate of drug-likeness (QED) is 0.677. The van der Waals surface area contributed by atoms with Crippen LogP contribution in [0, 0.1) is 5.41 Å². The molecule has 0 saturated heterocycles. The minimum atomic E-state index is -0.816. The van der Waals surface area contributed by atoms with Gasteiger partial charge in [-0.2, -0.15) is 0 Å². The lowest BCUT2D eigenvalue weighted by Gasteiger charge is -2.30. The van der Waals surface area contributed by atoms with Gasteiger partial charge in [-0.1, -0.05) is 19.8 Å². The van der Waals surface area contributed by atoms with Gasteiger partial charge in [0.1, 0.15) is 0 Å². The number of nitrogens with one attached hydrogen (secondary N) is 1. The highest BCUT2D eigenvalue weighted by Gasteiger charge is 2.43. The fourth-order valence-electron chi connectivity index (χ4n) is 2.57. The molecule has 0 radical (unpaired) electrons. The lowest BCUT2D eigenvalue weighted by molar-refractivity contribution is -0.131. The van der Waals surface area contributed by atoms with E-state index < -0.39 is 11.0 Å². The Morgan fingerprint density at radius 3 is 2.76 bits per heavy atom. The third-order valence-electron chi connectivity index (χ3n) is 3.97.